The van der Waals surface area contributed by atoms with E-state index in [1.807, 2.05) is 0 Å². The number of hydrogen-bond donors (Lipinski definition) is 2. The molecule has 154 valence electrons. The van der Waals surface area contributed by atoms with Crippen LogP contribution >= 0.6 is 0 Å². The average molecular weight is 388 g/mol. The first-order valence-corrected chi connectivity index (χ1v) is 10.4. The van der Waals surface area contributed by atoms with Crippen LogP contribution in [0, 0.1) is 5.92 Å². The predicted molar refractivity (Wildman–Crippen MR) is 108 cm³/mol. The summed E-state index contributed by atoms with van der Waals surface area (Å²) in [5, 5.41) is 11.1. The number of β-amino-alcohol motifs (C(OH)–C–C–N with tert-alkyl or cyclic N) is 1. The number of rotatable bonds is 6. The minimum absolute atomic E-state index is 0.0849. The molecule has 3 rings (SSSR count). The molecule has 2 heterocycles. The van der Waals surface area contributed by atoms with E-state index in [9.17, 15) is 14.7 Å². The van der Waals surface area contributed by atoms with Crippen LogP contribution in [0.4, 0.5) is 0 Å². The Bertz CT molecular complexity index is 695. The number of benzene rings is 1. The Morgan fingerprint density at radius 1 is 1.21 bits per heavy atom. The van der Waals surface area contributed by atoms with Gasteiger partial charge in [-0.15, -0.1) is 0 Å². The minimum Gasteiger partial charge on any atom is -0.379 e. The number of hydrogen-bond acceptors (Lipinski definition) is 4. The quantitative estimate of drug-likeness (QED) is 0.780. The van der Waals surface area contributed by atoms with Crippen LogP contribution < -0.4 is 5.73 Å². The molecule has 0 bridgehead atoms. The number of likely N-dealkylation sites (tertiary alicyclic amines) is 2. The molecule has 28 heavy (non-hydrogen) atoms. The van der Waals surface area contributed by atoms with Gasteiger partial charge < -0.3 is 15.7 Å². The summed E-state index contributed by atoms with van der Waals surface area (Å²) in [6.07, 6.45) is 2.69. The molecule has 0 aromatic heterocycles. The van der Waals surface area contributed by atoms with Crippen molar-refractivity contribution in [3.8, 4) is 0 Å². The van der Waals surface area contributed by atoms with E-state index >= 15 is 0 Å². The maximum Gasteiger partial charge on any atom is 0.256 e. The monoisotopic (exact) mass is 387 g/mol. The summed E-state index contributed by atoms with van der Waals surface area (Å²) >= 11 is 0. The van der Waals surface area contributed by atoms with Crippen LogP contribution in [0.2, 0.25) is 0 Å². The summed E-state index contributed by atoms with van der Waals surface area (Å²) in [6, 6.07) is 8.38. The van der Waals surface area contributed by atoms with Gasteiger partial charge in [-0.3, -0.25) is 14.5 Å². The molecule has 2 amide bonds. The maximum absolute atomic E-state index is 13.0. The molecule has 2 saturated heterocycles. The predicted octanol–water partition coefficient (Wildman–Crippen LogP) is 1.86. The van der Waals surface area contributed by atoms with E-state index in [-0.39, 0.29) is 17.7 Å². The zero-order valence-electron chi connectivity index (χ0n) is 17.1. The SMILES string of the molecule is CC(C)c1ccc(CN2CCCC(O)(CN3CCC(C(N)=O)CC3)C2=O)cc1. The normalized spacial score (nSPS) is 24.7. The highest BCUT2D eigenvalue weighted by Gasteiger charge is 2.43. The van der Waals surface area contributed by atoms with Crippen molar-refractivity contribution in [3.63, 3.8) is 0 Å². The number of carbonyl (C=O) groups excluding carboxylic acids is 2. The third kappa shape index (κ3) is 4.73. The van der Waals surface area contributed by atoms with Gasteiger partial charge in [0, 0.05) is 25.6 Å². The second-order valence-corrected chi connectivity index (χ2v) is 8.71. The van der Waals surface area contributed by atoms with Crippen LogP contribution in [-0.2, 0) is 16.1 Å². The van der Waals surface area contributed by atoms with Crippen LogP contribution in [-0.4, -0.2) is 58.5 Å². The van der Waals surface area contributed by atoms with Gasteiger partial charge in [0.15, 0.2) is 5.60 Å². The summed E-state index contributed by atoms with van der Waals surface area (Å²) in [6.45, 7) is 7.25. The van der Waals surface area contributed by atoms with Crippen molar-refractivity contribution >= 4 is 11.8 Å². The molecular weight excluding hydrogens is 354 g/mol. The number of carbonyl (C=O) groups is 2. The molecule has 0 saturated carbocycles. The first-order chi connectivity index (χ1) is 13.3. The van der Waals surface area contributed by atoms with Gasteiger partial charge in [-0.05, 0) is 55.8 Å². The van der Waals surface area contributed by atoms with Gasteiger partial charge in [-0.1, -0.05) is 38.1 Å². The Morgan fingerprint density at radius 2 is 1.86 bits per heavy atom. The van der Waals surface area contributed by atoms with Gasteiger partial charge in [0.05, 0.1) is 0 Å². The van der Waals surface area contributed by atoms with Gasteiger partial charge >= 0.3 is 0 Å². The lowest BCUT2D eigenvalue weighted by molar-refractivity contribution is -0.160. The van der Waals surface area contributed by atoms with E-state index < -0.39 is 5.60 Å². The maximum atomic E-state index is 13.0. The highest BCUT2D eigenvalue weighted by molar-refractivity contribution is 5.86. The number of piperidine rings is 2. The highest BCUT2D eigenvalue weighted by Crippen LogP contribution is 2.27. The van der Waals surface area contributed by atoms with Crippen molar-refractivity contribution in [1.29, 1.82) is 0 Å². The molecule has 1 unspecified atom stereocenters. The third-order valence-electron chi connectivity index (χ3n) is 6.20. The number of nitrogens with two attached hydrogens (primary N) is 1. The molecule has 1 atom stereocenters. The van der Waals surface area contributed by atoms with E-state index in [4.69, 9.17) is 5.73 Å². The van der Waals surface area contributed by atoms with Crippen molar-refractivity contribution in [1.82, 2.24) is 9.80 Å². The van der Waals surface area contributed by atoms with E-state index in [1.165, 1.54) is 5.56 Å². The fourth-order valence-corrected chi connectivity index (χ4v) is 4.34. The second-order valence-electron chi connectivity index (χ2n) is 8.71. The first kappa shape index (κ1) is 20.8. The van der Waals surface area contributed by atoms with Crippen molar-refractivity contribution in [2.45, 2.75) is 57.6 Å². The Labute approximate surface area is 167 Å². The molecule has 2 fully saturated rings. The first-order valence-electron chi connectivity index (χ1n) is 10.4. The molecule has 0 aliphatic carbocycles. The van der Waals surface area contributed by atoms with Crippen molar-refractivity contribution < 1.29 is 14.7 Å². The largest absolute Gasteiger partial charge is 0.379 e. The topological polar surface area (TPSA) is 86.9 Å². The Morgan fingerprint density at radius 3 is 2.43 bits per heavy atom. The highest BCUT2D eigenvalue weighted by atomic mass is 16.3. The average Bonchev–Trinajstić information content (AvgIpc) is 2.66. The van der Waals surface area contributed by atoms with Gasteiger partial charge in [-0.2, -0.15) is 0 Å². The summed E-state index contributed by atoms with van der Waals surface area (Å²) in [4.78, 5) is 28.3. The Hall–Kier alpha value is -1.92. The van der Waals surface area contributed by atoms with Gasteiger partial charge in [0.1, 0.15) is 0 Å². The molecule has 6 heteroatoms. The fraction of sp³-hybridized carbons (Fsp3) is 0.636. The van der Waals surface area contributed by atoms with E-state index in [1.54, 1.807) is 4.90 Å². The lowest BCUT2D eigenvalue weighted by Gasteiger charge is -2.42. The van der Waals surface area contributed by atoms with Gasteiger partial charge in [-0.25, -0.2) is 0 Å². The number of aliphatic hydroxyl groups is 1. The smallest absolute Gasteiger partial charge is 0.256 e. The van der Waals surface area contributed by atoms with Crippen LogP contribution in [0.1, 0.15) is 56.6 Å². The molecule has 1 aromatic carbocycles. The number of nitrogens with zero attached hydrogens (tertiary/aromatic N) is 2. The standard InChI is InChI=1S/C22H33N3O3/c1-16(2)18-6-4-17(5-7-18)14-25-11-3-10-22(28,21(25)27)15-24-12-8-19(9-13-24)20(23)26/h4-7,16,19,28H,3,8-15H2,1-2H3,(H2,23,26). The van der Waals surface area contributed by atoms with E-state index in [0.717, 1.165) is 12.0 Å². The third-order valence-corrected chi connectivity index (χ3v) is 6.20. The van der Waals surface area contributed by atoms with Crippen molar-refractivity contribution in [3.05, 3.63) is 35.4 Å². The molecule has 1 aromatic rings. The van der Waals surface area contributed by atoms with Crippen LogP contribution in [0.15, 0.2) is 24.3 Å². The molecule has 2 aliphatic heterocycles. The lowest BCUT2D eigenvalue weighted by atomic mass is 9.89. The molecule has 0 spiro atoms. The van der Waals surface area contributed by atoms with Gasteiger partial charge in [0.25, 0.3) is 5.91 Å². The molecular formula is C22H33N3O3. The van der Waals surface area contributed by atoms with E-state index in [0.29, 0.717) is 57.9 Å². The van der Waals surface area contributed by atoms with E-state index in [2.05, 4.69) is 43.0 Å². The zero-order chi connectivity index (χ0) is 20.3. The summed E-state index contributed by atoms with van der Waals surface area (Å²) in [5.74, 6) is -0.0294. The second kappa shape index (κ2) is 8.62. The fourth-order valence-electron chi connectivity index (χ4n) is 4.34. The van der Waals surface area contributed by atoms with Gasteiger partial charge in [0.2, 0.25) is 5.91 Å². The number of primary amides is 1. The summed E-state index contributed by atoms with van der Waals surface area (Å²) in [5.41, 5.74) is 6.43. The molecule has 3 N–H and O–H groups in total. The Kier molecular flexibility index (Phi) is 6.40. The van der Waals surface area contributed by atoms with Crippen LogP contribution in [0.5, 0.6) is 0 Å². The zero-order valence-corrected chi connectivity index (χ0v) is 17.1. The molecule has 0 radical (unpaired) electrons. The van der Waals surface area contributed by atoms with Crippen LogP contribution in [0.25, 0.3) is 0 Å². The van der Waals surface area contributed by atoms with Crippen LogP contribution in [0.3, 0.4) is 0 Å². The van der Waals surface area contributed by atoms with Crippen molar-refractivity contribution in [2.75, 3.05) is 26.2 Å². The molecule has 2 aliphatic rings. The number of amides is 2. The minimum atomic E-state index is -1.34. The van der Waals surface area contributed by atoms with Crippen molar-refractivity contribution in [2.24, 2.45) is 11.7 Å². The lowest BCUT2D eigenvalue weighted by Crippen LogP contribution is -2.59. The summed E-state index contributed by atoms with van der Waals surface area (Å²) in [7, 11) is 0. The Balaban J connectivity index is 1.60. The molecule has 6 nitrogen and oxygen atoms in total. The summed E-state index contributed by atoms with van der Waals surface area (Å²) < 4.78 is 0.